The summed E-state index contributed by atoms with van der Waals surface area (Å²) in [5.74, 6) is 2.20. The molecule has 0 saturated carbocycles. The van der Waals surface area contributed by atoms with Crippen LogP contribution in [0.5, 0.6) is 0 Å². The Kier molecular flexibility index (Phi) is 10.8. The van der Waals surface area contributed by atoms with E-state index in [-0.39, 0.29) is 5.91 Å². The molecule has 0 aromatic carbocycles. The van der Waals surface area contributed by atoms with Gasteiger partial charge in [-0.15, -0.1) is 0 Å². The van der Waals surface area contributed by atoms with Crippen LogP contribution in [0.2, 0.25) is 0 Å². The molecule has 23 heavy (non-hydrogen) atoms. The molecule has 0 aromatic heterocycles. The third kappa shape index (κ3) is 8.43. The number of nitrogens with one attached hydrogen (secondary N) is 2. The highest BCUT2D eigenvalue weighted by atomic mass is 32.2. The molecule has 134 valence electrons. The first-order chi connectivity index (χ1) is 11.2. The van der Waals surface area contributed by atoms with Crippen LogP contribution in [0.1, 0.15) is 6.42 Å². The van der Waals surface area contributed by atoms with E-state index in [4.69, 9.17) is 4.74 Å². The van der Waals surface area contributed by atoms with E-state index < -0.39 is 0 Å². The predicted octanol–water partition coefficient (Wildman–Crippen LogP) is -0.305. The maximum absolute atomic E-state index is 11.8. The lowest BCUT2D eigenvalue weighted by molar-refractivity contribution is -0.122. The van der Waals surface area contributed by atoms with Gasteiger partial charge in [0.2, 0.25) is 5.91 Å². The third-order valence-electron chi connectivity index (χ3n) is 3.69. The normalized spacial score (nSPS) is 16.5. The molecule has 0 atom stereocenters. The fraction of sp³-hybridized carbons (Fsp3) is 0.867. The van der Waals surface area contributed by atoms with Gasteiger partial charge in [-0.25, -0.2) is 0 Å². The van der Waals surface area contributed by atoms with Crippen LogP contribution in [0, 0.1) is 0 Å². The average Bonchev–Trinajstić information content (AvgIpc) is 2.56. The second-order valence-corrected chi connectivity index (χ2v) is 6.41. The average molecular weight is 346 g/mol. The minimum absolute atomic E-state index is 0.0649. The molecular weight excluding hydrogens is 314 g/mol. The van der Waals surface area contributed by atoms with Crippen molar-refractivity contribution in [3.8, 4) is 0 Å². The quantitative estimate of drug-likeness (QED) is 0.340. The van der Waals surface area contributed by atoms with Gasteiger partial charge in [-0.3, -0.25) is 14.7 Å². The molecule has 1 fully saturated rings. The van der Waals surface area contributed by atoms with Crippen LogP contribution in [-0.2, 0) is 9.53 Å². The standard InChI is InChI=1S/C15H31N5O2S/c1-16-15(18-5-4-12-23-3)20-9-7-19(8-10-20)13-14(21)17-6-11-22-2/h4-13H2,1-3H3,(H,16,18)(H,17,21). The smallest absolute Gasteiger partial charge is 0.234 e. The number of thioether (sulfide) groups is 1. The second-order valence-electron chi connectivity index (χ2n) is 5.43. The predicted molar refractivity (Wildman–Crippen MR) is 97.3 cm³/mol. The van der Waals surface area contributed by atoms with Crippen LogP contribution < -0.4 is 10.6 Å². The number of piperazine rings is 1. The summed E-state index contributed by atoms with van der Waals surface area (Å²) in [6.07, 6.45) is 3.27. The van der Waals surface area contributed by atoms with Crippen molar-refractivity contribution in [2.24, 2.45) is 4.99 Å². The van der Waals surface area contributed by atoms with Crippen LogP contribution >= 0.6 is 11.8 Å². The fourth-order valence-electron chi connectivity index (χ4n) is 2.42. The Morgan fingerprint density at radius 1 is 1.22 bits per heavy atom. The summed E-state index contributed by atoms with van der Waals surface area (Å²) in [6, 6.07) is 0. The van der Waals surface area contributed by atoms with Crippen molar-refractivity contribution in [2.45, 2.75) is 6.42 Å². The van der Waals surface area contributed by atoms with Gasteiger partial charge < -0.3 is 20.3 Å². The third-order valence-corrected chi connectivity index (χ3v) is 4.38. The number of rotatable bonds is 9. The zero-order valence-electron chi connectivity index (χ0n) is 14.6. The van der Waals surface area contributed by atoms with Gasteiger partial charge in [0.15, 0.2) is 5.96 Å². The number of carbonyl (C=O) groups is 1. The van der Waals surface area contributed by atoms with E-state index in [1.165, 1.54) is 0 Å². The Balaban J connectivity index is 2.24. The van der Waals surface area contributed by atoms with Crippen LogP contribution in [0.15, 0.2) is 4.99 Å². The number of hydrogen-bond acceptors (Lipinski definition) is 5. The number of methoxy groups -OCH3 is 1. The molecule has 1 aliphatic rings. The Morgan fingerprint density at radius 3 is 2.57 bits per heavy atom. The molecule has 1 rings (SSSR count). The van der Waals surface area contributed by atoms with E-state index >= 15 is 0 Å². The first kappa shape index (κ1) is 20.1. The minimum Gasteiger partial charge on any atom is -0.383 e. The molecule has 1 amide bonds. The molecule has 0 unspecified atom stereocenters. The van der Waals surface area contributed by atoms with E-state index in [0.29, 0.717) is 19.7 Å². The Hall–Kier alpha value is -0.990. The van der Waals surface area contributed by atoms with Crippen molar-refractivity contribution in [1.82, 2.24) is 20.4 Å². The summed E-state index contributed by atoms with van der Waals surface area (Å²) in [5.41, 5.74) is 0. The van der Waals surface area contributed by atoms with Crippen molar-refractivity contribution in [1.29, 1.82) is 0 Å². The highest BCUT2D eigenvalue weighted by Crippen LogP contribution is 2.02. The van der Waals surface area contributed by atoms with E-state index in [1.54, 1.807) is 7.11 Å². The Morgan fingerprint density at radius 2 is 1.96 bits per heavy atom. The molecule has 0 radical (unpaired) electrons. The summed E-state index contributed by atoms with van der Waals surface area (Å²) in [6.45, 7) is 6.08. The van der Waals surface area contributed by atoms with E-state index in [9.17, 15) is 4.79 Å². The van der Waals surface area contributed by atoms with Crippen molar-refractivity contribution in [3.63, 3.8) is 0 Å². The lowest BCUT2D eigenvalue weighted by Gasteiger charge is -2.36. The van der Waals surface area contributed by atoms with Gasteiger partial charge in [-0.2, -0.15) is 11.8 Å². The van der Waals surface area contributed by atoms with Gasteiger partial charge >= 0.3 is 0 Å². The minimum atomic E-state index is 0.0649. The number of ether oxygens (including phenoxy) is 1. The van der Waals surface area contributed by atoms with Gasteiger partial charge in [-0.05, 0) is 18.4 Å². The van der Waals surface area contributed by atoms with E-state index in [1.807, 2.05) is 18.8 Å². The first-order valence-electron chi connectivity index (χ1n) is 8.13. The summed E-state index contributed by atoms with van der Waals surface area (Å²) in [4.78, 5) is 20.6. The summed E-state index contributed by atoms with van der Waals surface area (Å²) in [7, 11) is 3.46. The van der Waals surface area contributed by atoms with Crippen LogP contribution in [0.3, 0.4) is 0 Å². The molecule has 0 spiro atoms. The highest BCUT2D eigenvalue weighted by Gasteiger charge is 2.20. The van der Waals surface area contributed by atoms with Gasteiger partial charge in [0.25, 0.3) is 0 Å². The summed E-state index contributed by atoms with van der Waals surface area (Å²) in [5, 5.41) is 6.27. The number of amides is 1. The molecule has 8 heteroatoms. The van der Waals surface area contributed by atoms with Gasteiger partial charge in [0.05, 0.1) is 13.2 Å². The molecule has 0 bridgehead atoms. The van der Waals surface area contributed by atoms with Crippen molar-refractivity contribution in [2.75, 3.05) is 78.6 Å². The second kappa shape index (κ2) is 12.4. The zero-order chi connectivity index (χ0) is 16.9. The Labute approximate surface area is 144 Å². The molecule has 7 nitrogen and oxygen atoms in total. The first-order valence-corrected chi connectivity index (χ1v) is 9.53. The molecule has 1 saturated heterocycles. The van der Waals surface area contributed by atoms with E-state index in [2.05, 4.69) is 31.7 Å². The number of carbonyl (C=O) groups excluding carboxylic acids is 1. The Bertz CT molecular complexity index is 360. The zero-order valence-corrected chi connectivity index (χ0v) is 15.5. The van der Waals surface area contributed by atoms with Gasteiger partial charge in [0, 0.05) is 53.4 Å². The highest BCUT2D eigenvalue weighted by molar-refractivity contribution is 7.98. The SMILES string of the molecule is CN=C(NCCCSC)N1CCN(CC(=O)NCCOC)CC1. The molecule has 0 aliphatic carbocycles. The van der Waals surface area contributed by atoms with Gasteiger partial charge in [0.1, 0.15) is 0 Å². The van der Waals surface area contributed by atoms with Crippen LogP contribution in [-0.4, -0.2) is 100 Å². The monoisotopic (exact) mass is 345 g/mol. The maximum Gasteiger partial charge on any atom is 0.234 e. The van der Waals surface area contributed by atoms with Crippen molar-refractivity contribution < 1.29 is 9.53 Å². The fourth-order valence-corrected chi connectivity index (χ4v) is 2.85. The lowest BCUT2D eigenvalue weighted by Crippen LogP contribution is -2.54. The maximum atomic E-state index is 11.8. The summed E-state index contributed by atoms with van der Waals surface area (Å²) < 4.78 is 4.93. The number of nitrogens with zero attached hydrogens (tertiary/aromatic N) is 3. The number of guanidine groups is 1. The van der Waals surface area contributed by atoms with Gasteiger partial charge in [-0.1, -0.05) is 0 Å². The van der Waals surface area contributed by atoms with Crippen LogP contribution in [0.4, 0.5) is 0 Å². The largest absolute Gasteiger partial charge is 0.383 e. The topological polar surface area (TPSA) is 69.2 Å². The molecule has 1 aliphatic heterocycles. The molecule has 2 N–H and O–H groups in total. The molecular formula is C15H31N5O2S. The number of hydrogen-bond donors (Lipinski definition) is 2. The number of aliphatic imine (C=N–C) groups is 1. The summed E-state index contributed by atoms with van der Waals surface area (Å²) >= 11 is 1.86. The van der Waals surface area contributed by atoms with E-state index in [0.717, 1.165) is 50.9 Å². The lowest BCUT2D eigenvalue weighted by atomic mass is 10.3. The molecule has 0 aromatic rings. The van der Waals surface area contributed by atoms with Crippen LogP contribution in [0.25, 0.3) is 0 Å². The molecule has 1 heterocycles. The van der Waals surface area contributed by atoms with Crippen molar-refractivity contribution >= 4 is 23.6 Å². The van der Waals surface area contributed by atoms with Crippen molar-refractivity contribution in [3.05, 3.63) is 0 Å².